The molecular weight excluding hydrogens is 300 g/mol. The zero-order chi connectivity index (χ0) is 16.2. The SMILES string of the molecule is c1ccc(Nc2cccc(-n3nnc(-c4ccccn4)n3)c2)cc1. The summed E-state index contributed by atoms with van der Waals surface area (Å²) in [4.78, 5) is 5.74. The lowest BCUT2D eigenvalue weighted by molar-refractivity contribution is 0.720. The number of nitrogens with zero attached hydrogens (tertiary/aromatic N) is 5. The molecule has 4 rings (SSSR count). The first-order valence-corrected chi connectivity index (χ1v) is 7.52. The molecule has 6 nitrogen and oxygen atoms in total. The Morgan fingerprint density at radius 2 is 1.62 bits per heavy atom. The van der Waals surface area contributed by atoms with Gasteiger partial charge in [0.15, 0.2) is 0 Å². The number of pyridine rings is 1. The maximum absolute atomic E-state index is 4.40. The zero-order valence-electron chi connectivity index (χ0n) is 12.7. The number of aromatic nitrogens is 5. The van der Waals surface area contributed by atoms with E-state index in [2.05, 4.69) is 25.7 Å². The lowest BCUT2D eigenvalue weighted by Gasteiger charge is -2.07. The number of anilines is 2. The van der Waals surface area contributed by atoms with Crippen LogP contribution in [-0.2, 0) is 0 Å². The van der Waals surface area contributed by atoms with Gasteiger partial charge >= 0.3 is 0 Å². The summed E-state index contributed by atoms with van der Waals surface area (Å²) in [6, 6.07) is 23.4. The molecule has 2 aromatic carbocycles. The molecule has 0 radical (unpaired) electrons. The third-order valence-corrected chi connectivity index (χ3v) is 3.45. The second kappa shape index (κ2) is 6.29. The number of tetrazole rings is 1. The van der Waals surface area contributed by atoms with Crippen molar-refractivity contribution < 1.29 is 0 Å². The Bertz CT molecular complexity index is 934. The van der Waals surface area contributed by atoms with Crippen LogP contribution in [0.1, 0.15) is 0 Å². The summed E-state index contributed by atoms with van der Waals surface area (Å²) < 4.78 is 0. The van der Waals surface area contributed by atoms with Crippen LogP contribution < -0.4 is 5.32 Å². The minimum atomic E-state index is 0.497. The molecule has 0 bridgehead atoms. The van der Waals surface area contributed by atoms with E-state index in [0.717, 1.165) is 17.1 Å². The maximum Gasteiger partial charge on any atom is 0.223 e. The molecule has 0 saturated heterocycles. The molecule has 2 aromatic heterocycles. The summed E-state index contributed by atoms with van der Waals surface area (Å²) in [6.45, 7) is 0. The van der Waals surface area contributed by atoms with Gasteiger partial charge < -0.3 is 5.32 Å². The monoisotopic (exact) mass is 314 g/mol. The molecule has 4 aromatic rings. The lowest BCUT2D eigenvalue weighted by atomic mass is 10.2. The molecule has 0 aliphatic carbocycles. The van der Waals surface area contributed by atoms with E-state index in [-0.39, 0.29) is 0 Å². The second-order valence-corrected chi connectivity index (χ2v) is 5.16. The van der Waals surface area contributed by atoms with Crippen LogP contribution in [0.3, 0.4) is 0 Å². The Morgan fingerprint density at radius 1 is 0.792 bits per heavy atom. The van der Waals surface area contributed by atoms with Crippen molar-refractivity contribution >= 4 is 11.4 Å². The van der Waals surface area contributed by atoms with Gasteiger partial charge in [0.1, 0.15) is 5.69 Å². The number of benzene rings is 2. The van der Waals surface area contributed by atoms with E-state index in [1.165, 1.54) is 4.80 Å². The summed E-state index contributed by atoms with van der Waals surface area (Å²) in [5.74, 6) is 0.497. The fourth-order valence-corrected chi connectivity index (χ4v) is 2.32. The number of rotatable bonds is 4. The maximum atomic E-state index is 4.40. The Balaban J connectivity index is 1.61. The molecule has 1 N–H and O–H groups in total. The first-order valence-electron chi connectivity index (χ1n) is 7.52. The van der Waals surface area contributed by atoms with E-state index < -0.39 is 0 Å². The summed E-state index contributed by atoms with van der Waals surface area (Å²) in [6.07, 6.45) is 1.71. The molecule has 0 spiro atoms. The summed E-state index contributed by atoms with van der Waals surface area (Å²) in [7, 11) is 0. The van der Waals surface area contributed by atoms with Gasteiger partial charge in [0.2, 0.25) is 5.82 Å². The lowest BCUT2D eigenvalue weighted by Crippen LogP contribution is -2.00. The van der Waals surface area contributed by atoms with E-state index in [9.17, 15) is 0 Å². The van der Waals surface area contributed by atoms with Crippen molar-refractivity contribution in [2.45, 2.75) is 0 Å². The highest BCUT2D eigenvalue weighted by atomic mass is 15.6. The van der Waals surface area contributed by atoms with E-state index in [1.807, 2.05) is 72.8 Å². The summed E-state index contributed by atoms with van der Waals surface area (Å²) in [5.41, 5.74) is 3.50. The fourth-order valence-electron chi connectivity index (χ4n) is 2.32. The van der Waals surface area contributed by atoms with Crippen molar-refractivity contribution in [2.24, 2.45) is 0 Å². The third-order valence-electron chi connectivity index (χ3n) is 3.45. The van der Waals surface area contributed by atoms with E-state index in [0.29, 0.717) is 11.5 Å². The highest BCUT2D eigenvalue weighted by Crippen LogP contribution is 2.19. The van der Waals surface area contributed by atoms with Gasteiger partial charge in [-0.25, -0.2) is 0 Å². The molecule has 24 heavy (non-hydrogen) atoms. The first kappa shape index (κ1) is 14.1. The van der Waals surface area contributed by atoms with Crippen molar-refractivity contribution in [2.75, 3.05) is 5.32 Å². The molecule has 0 unspecified atom stereocenters. The Labute approximate surface area is 138 Å². The second-order valence-electron chi connectivity index (χ2n) is 5.16. The normalized spacial score (nSPS) is 10.5. The van der Waals surface area contributed by atoms with Crippen molar-refractivity contribution in [1.82, 2.24) is 25.2 Å². The van der Waals surface area contributed by atoms with Gasteiger partial charge in [0, 0.05) is 17.6 Å². The quantitative estimate of drug-likeness (QED) is 0.624. The van der Waals surface area contributed by atoms with Gasteiger partial charge in [-0.2, -0.15) is 0 Å². The molecule has 0 aliphatic rings. The number of hydrogen-bond donors (Lipinski definition) is 1. The van der Waals surface area contributed by atoms with Crippen molar-refractivity contribution in [3.8, 4) is 17.2 Å². The van der Waals surface area contributed by atoms with Crippen LogP contribution in [0.25, 0.3) is 17.2 Å². The third kappa shape index (κ3) is 2.98. The molecule has 0 saturated carbocycles. The van der Waals surface area contributed by atoms with Gasteiger partial charge in [-0.3, -0.25) is 4.98 Å². The van der Waals surface area contributed by atoms with Crippen molar-refractivity contribution in [1.29, 1.82) is 0 Å². The van der Waals surface area contributed by atoms with Crippen molar-refractivity contribution in [3.63, 3.8) is 0 Å². The molecule has 0 fully saturated rings. The van der Waals surface area contributed by atoms with Crippen LogP contribution in [0.4, 0.5) is 11.4 Å². The predicted molar refractivity (Wildman–Crippen MR) is 92.1 cm³/mol. The molecular formula is C18H14N6. The number of para-hydroxylation sites is 1. The van der Waals surface area contributed by atoms with Crippen molar-refractivity contribution in [3.05, 3.63) is 79.0 Å². The van der Waals surface area contributed by atoms with Crippen LogP contribution >= 0.6 is 0 Å². The number of nitrogens with one attached hydrogen (secondary N) is 1. The number of hydrogen-bond acceptors (Lipinski definition) is 5. The minimum Gasteiger partial charge on any atom is -0.355 e. The molecule has 2 heterocycles. The van der Waals surface area contributed by atoms with E-state index >= 15 is 0 Å². The smallest absolute Gasteiger partial charge is 0.223 e. The molecule has 0 atom stereocenters. The molecule has 6 heteroatoms. The van der Waals surface area contributed by atoms with E-state index in [4.69, 9.17) is 0 Å². The summed E-state index contributed by atoms with van der Waals surface area (Å²) in [5, 5.41) is 15.9. The van der Waals surface area contributed by atoms with Gasteiger partial charge in [-0.1, -0.05) is 30.3 Å². The minimum absolute atomic E-state index is 0.497. The summed E-state index contributed by atoms with van der Waals surface area (Å²) >= 11 is 0. The van der Waals surface area contributed by atoms with Gasteiger partial charge in [0.25, 0.3) is 0 Å². The Kier molecular flexibility index (Phi) is 3.69. The molecule has 116 valence electrons. The average molecular weight is 314 g/mol. The molecule has 0 amide bonds. The average Bonchev–Trinajstić information content (AvgIpc) is 3.14. The highest BCUT2D eigenvalue weighted by Gasteiger charge is 2.08. The zero-order valence-corrected chi connectivity index (χ0v) is 12.7. The Morgan fingerprint density at radius 3 is 2.46 bits per heavy atom. The van der Waals surface area contributed by atoms with Crippen LogP contribution in [0.15, 0.2) is 79.0 Å². The first-order chi connectivity index (χ1) is 11.9. The van der Waals surface area contributed by atoms with Crippen LogP contribution in [0.5, 0.6) is 0 Å². The van der Waals surface area contributed by atoms with Gasteiger partial charge in [-0.15, -0.1) is 15.0 Å². The van der Waals surface area contributed by atoms with Gasteiger partial charge in [0.05, 0.1) is 5.69 Å². The topological polar surface area (TPSA) is 68.5 Å². The fraction of sp³-hybridized carbons (Fsp3) is 0. The Hall–Kier alpha value is -3.54. The standard InChI is InChI=1S/C18H14N6/c1-2-7-14(8-3-1)20-15-9-6-10-16(13-15)24-22-18(21-23-24)17-11-4-5-12-19-17/h1-13,20H. The van der Waals surface area contributed by atoms with E-state index in [1.54, 1.807) is 6.20 Å². The van der Waals surface area contributed by atoms with Crippen LogP contribution in [0, 0.1) is 0 Å². The largest absolute Gasteiger partial charge is 0.355 e. The van der Waals surface area contributed by atoms with Crippen LogP contribution in [-0.4, -0.2) is 25.2 Å². The predicted octanol–water partition coefficient (Wildman–Crippen LogP) is 3.47. The highest BCUT2D eigenvalue weighted by molar-refractivity contribution is 5.61. The van der Waals surface area contributed by atoms with Crippen LogP contribution in [0.2, 0.25) is 0 Å². The van der Waals surface area contributed by atoms with Gasteiger partial charge in [-0.05, 0) is 47.7 Å². The molecule has 0 aliphatic heterocycles.